The maximum Gasteiger partial charge on any atom is 0.433 e. The van der Waals surface area contributed by atoms with E-state index in [1.54, 1.807) is 4.90 Å². The minimum atomic E-state index is -4.53. The van der Waals surface area contributed by atoms with Crippen LogP contribution in [0.5, 0.6) is 0 Å². The van der Waals surface area contributed by atoms with Crippen molar-refractivity contribution >= 4 is 11.8 Å². The van der Waals surface area contributed by atoms with Gasteiger partial charge in [0.15, 0.2) is 5.69 Å². The fourth-order valence-electron chi connectivity index (χ4n) is 1.60. The smallest absolute Gasteiger partial charge is 0.378 e. The Bertz CT molecular complexity index is 419. The summed E-state index contributed by atoms with van der Waals surface area (Å²) in [7, 11) is 0. The monoisotopic (exact) mass is 263 g/mol. The molecule has 0 atom stereocenters. The van der Waals surface area contributed by atoms with Crippen molar-refractivity contribution < 1.29 is 17.9 Å². The number of anilines is 2. The number of nitrogens with two attached hydrogens (primary N) is 1. The van der Waals surface area contributed by atoms with Gasteiger partial charge in [0, 0.05) is 19.2 Å². The van der Waals surface area contributed by atoms with Crippen molar-refractivity contribution in [2.24, 2.45) is 5.84 Å². The summed E-state index contributed by atoms with van der Waals surface area (Å²) in [6.07, 6.45) is -4.53. The van der Waals surface area contributed by atoms with Crippen LogP contribution in [0.25, 0.3) is 0 Å². The lowest BCUT2D eigenvalue weighted by molar-refractivity contribution is -0.141. The number of nitrogen functional groups attached to an aromatic ring is 1. The zero-order valence-corrected chi connectivity index (χ0v) is 9.37. The normalized spacial score (nSPS) is 16.8. The van der Waals surface area contributed by atoms with Gasteiger partial charge in [0.25, 0.3) is 0 Å². The van der Waals surface area contributed by atoms with Crippen LogP contribution in [-0.4, -0.2) is 36.3 Å². The number of halogens is 3. The van der Waals surface area contributed by atoms with Crippen LogP contribution in [0, 0.1) is 0 Å². The Labute approximate surface area is 101 Å². The predicted octanol–water partition coefficient (Wildman–Crippen LogP) is 0.618. The van der Waals surface area contributed by atoms with Crippen molar-refractivity contribution in [2.75, 3.05) is 36.6 Å². The molecule has 0 amide bonds. The highest BCUT2D eigenvalue weighted by molar-refractivity contribution is 5.45. The zero-order valence-electron chi connectivity index (χ0n) is 9.37. The van der Waals surface area contributed by atoms with Crippen LogP contribution in [0.15, 0.2) is 6.07 Å². The molecule has 1 fully saturated rings. The lowest BCUT2D eigenvalue weighted by atomic mass is 10.3. The van der Waals surface area contributed by atoms with Gasteiger partial charge in [-0.15, -0.1) is 0 Å². The number of rotatable bonds is 2. The van der Waals surface area contributed by atoms with E-state index in [1.807, 2.05) is 5.43 Å². The average Bonchev–Trinajstić information content (AvgIpc) is 2.38. The number of hydrogen-bond donors (Lipinski definition) is 2. The molecule has 0 aromatic carbocycles. The fourth-order valence-corrected chi connectivity index (χ4v) is 1.60. The number of nitrogens with zero attached hydrogens (tertiary/aromatic N) is 3. The van der Waals surface area contributed by atoms with Gasteiger partial charge in [-0.05, 0) is 0 Å². The summed E-state index contributed by atoms with van der Waals surface area (Å²) in [6, 6.07) is 0.909. The third-order valence-electron chi connectivity index (χ3n) is 2.47. The van der Waals surface area contributed by atoms with Gasteiger partial charge in [0.2, 0.25) is 5.95 Å². The van der Waals surface area contributed by atoms with Crippen LogP contribution >= 0.6 is 0 Å². The number of aromatic nitrogens is 2. The van der Waals surface area contributed by atoms with Crippen LogP contribution in [0.2, 0.25) is 0 Å². The highest BCUT2D eigenvalue weighted by Crippen LogP contribution is 2.30. The van der Waals surface area contributed by atoms with E-state index in [-0.39, 0.29) is 11.8 Å². The molecule has 3 N–H and O–H groups in total. The number of morpholine rings is 1. The van der Waals surface area contributed by atoms with Crippen molar-refractivity contribution in [3.8, 4) is 0 Å². The molecule has 0 saturated carbocycles. The first kappa shape index (κ1) is 12.8. The maximum absolute atomic E-state index is 12.6. The van der Waals surface area contributed by atoms with E-state index < -0.39 is 11.9 Å². The van der Waals surface area contributed by atoms with Gasteiger partial charge in [-0.1, -0.05) is 0 Å². The number of hydrogen-bond acceptors (Lipinski definition) is 6. The van der Waals surface area contributed by atoms with Gasteiger partial charge >= 0.3 is 6.18 Å². The van der Waals surface area contributed by atoms with Gasteiger partial charge in [-0.3, -0.25) is 5.43 Å². The summed E-state index contributed by atoms with van der Waals surface area (Å²) < 4.78 is 43.1. The Morgan fingerprint density at radius 1 is 1.28 bits per heavy atom. The first-order chi connectivity index (χ1) is 8.50. The molecule has 0 unspecified atom stereocenters. The van der Waals surface area contributed by atoms with E-state index in [2.05, 4.69) is 9.97 Å². The fraction of sp³-hybridized carbons (Fsp3) is 0.556. The van der Waals surface area contributed by atoms with Crippen molar-refractivity contribution in [2.45, 2.75) is 6.18 Å². The van der Waals surface area contributed by atoms with Crippen LogP contribution in [0.4, 0.5) is 24.9 Å². The molecule has 0 bridgehead atoms. The van der Waals surface area contributed by atoms with Gasteiger partial charge < -0.3 is 9.64 Å². The molecule has 0 spiro atoms. The summed E-state index contributed by atoms with van der Waals surface area (Å²) in [4.78, 5) is 8.90. The van der Waals surface area contributed by atoms with Gasteiger partial charge in [-0.2, -0.15) is 18.2 Å². The van der Waals surface area contributed by atoms with Gasteiger partial charge in [0.05, 0.1) is 13.2 Å². The lowest BCUT2D eigenvalue weighted by Gasteiger charge is -2.28. The molecular weight excluding hydrogens is 251 g/mol. The summed E-state index contributed by atoms with van der Waals surface area (Å²) >= 11 is 0. The number of hydrazine groups is 1. The molecular formula is C9H12F3N5O. The van der Waals surface area contributed by atoms with Crippen LogP contribution < -0.4 is 16.2 Å². The van der Waals surface area contributed by atoms with Crippen molar-refractivity contribution in [1.82, 2.24) is 9.97 Å². The Balaban J connectivity index is 2.34. The van der Waals surface area contributed by atoms with Crippen LogP contribution in [0.1, 0.15) is 5.69 Å². The molecule has 0 radical (unpaired) electrons. The molecule has 6 nitrogen and oxygen atoms in total. The summed E-state index contributed by atoms with van der Waals surface area (Å²) in [5.74, 6) is 5.01. The topological polar surface area (TPSA) is 76.3 Å². The molecule has 100 valence electrons. The highest BCUT2D eigenvalue weighted by atomic mass is 19.4. The molecule has 1 saturated heterocycles. The molecule has 1 aliphatic heterocycles. The molecule has 1 aromatic heterocycles. The van der Waals surface area contributed by atoms with Crippen LogP contribution in [-0.2, 0) is 10.9 Å². The molecule has 1 aliphatic rings. The third kappa shape index (κ3) is 2.79. The SMILES string of the molecule is NNc1nc(N2CCOCC2)cc(C(F)(F)F)n1. The standard InChI is InChI=1S/C9H12F3N5O/c10-9(11,12)6-5-7(15-8(14-6)16-13)17-1-3-18-4-2-17/h5H,1-4,13H2,(H,14,15,16). The predicted molar refractivity (Wildman–Crippen MR) is 57.9 cm³/mol. The molecule has 1 aromatic rings. The second-order valence-corrected chi connectivity index (χ2v) is 3.68. The van der Waals surface area contributed by atoms with E-state index in [1.165, 1.54) is 0 Å². The molecule has 2 heterocycles. The van der Waals surface area contributed by atoms with E-state index in [0.29, 0.717) is 26.3 Å². The minimum absolute atomic E-state index is 0.188. The largest absolute Gasteiger partial charge is 0.433 e. The van der Waals surface area contributed by atoms with Crippen molar-refractivity contribution in [3.05, 3.63) is 11.8 Å². The maximum atomic E-state index is 12.6. The number of ether oxygens (including phenoxy) is 1. The molecule has 18 heavy (non-hydrogen) atoms. The van der Waals surface area contributed by atoms with Crippen molar-refractivity contribution in [1.29, 1.82) is 0 Å². The summed E-state index contributed by atoms with van der Waals surface area (Å²) in [5.41, 5.74) is 1.02. The van der Waals surface area contributed by atoms with Crippen LogP contribution in [0.3, 0.4) is 0 Å². The molecule has 2 rings (SSSR count). The van der Waals surface area contributed by atoms with Crippen molar-refractivity contribution in [3.63, 3.8) is 0 Å². The quantitative estimate of drug-likeness (QED) is 0.601. The molecule has 0 aliphatic carbocycles. The van der Waals surface area contributed by atoms with E-state index >= 15 is 0 Å². The second-order valence-electron chi connectivity index (χ2n) is 3.68. The van der Waals surface area contributed by atoms with Gasteiger partial charge in [0.1, 0.15) is 5.82 Å². The highest BCUT2D eigenvalue weighted by Gasteiger charge is 2.34. The van der Waals surface area contributed by atoms with E-state index in [9.17, 15) is 13.2 Å². The second kappa shape index (κ2) is 4.94. The first-order valence-corrected chi connectivity index (χ1v) is 5.26. The minimum Gasteiger partial charge on any atom is -0.378 e. The number of alkyl halides is 3. The Hall–Kier alpha value is -1.61. The molecule has 9 heteroatoms. The Morgan fingerprint density at radius 2 is 1.94 bits per heavy atom. The summed E-state index contributed by atoms with van der Waals surface area (Å²) in [5, 5.41) is 0. The third-order valence-corrected chi connectivity index (χ3v) is 2.47. The zero-order chi connectivity index (χ0) is 13.2. The Morgan fingerprint density at radius 3 is 2.50 bits per heavy atom. The number of nitrogens with one attached hydrogen (secondary N) is 1. The lowest BCUT2D eigenvalue weighted by Crippen LogP contribution is -2.37. The summed E-state index contributed by atoms with van der Waals surface area (Å²) in [6.45, 7) is 1.88. The van der Waals surface area contributed by atoms with E-state index in [0.717, 1.165) is 6.07 Å². The van der Waals surface area contributed by atoms with E-state index in [4.69, 9.17) is 10.6 Å². The Kier molecular flexibility index (Phi) is 3.53. The van der Waals surface area contributed by atoms with Gasteiger partial charge in [-0.25, -0.2) is 10.8 Å². The average molecular weight is 263 g/mol. The first-order valence-electron chi connectivity index (χ1n) is 5.26.